The maximum absolute atomic E-state index is 12.5. The van der Waals surface area contributed by atoms with Crippen LogP contribution < -0.4 is 15.4 Å². The number of sulfonamides is 1. The lowest BCUT2D eigenvalue weighted by atomic mass is 9.82. The first kappa shape index (κ1) is 22.8. The summed E-state index contributed by atoms with van der Waals surface area (Å²) in [7, 11) is -1.67. The number of nitrogens with zero attached hydrogens (tertiary/aromatic N) is 2. The summed E-state index contributed by atoms with van der Waals surface area (Å²) in [6.07, 6.45) is 4.07. The SMILES string of the molecule is CNc1nc(NC[C@H]2CC[C@H](CNS(=O)(=O)c3cccc(Cl)c3)CC2)nc2ccccc12. The van der Waals surface area contributed by atoms with Crippen LogP contribution in [0.3, 0.4) is 0 Å². The summed E-state index contributed by atoms with van der Waals surface area (Å²) in [5.74, 6) is 2.30. The van der Waals surface area contributed by atoms with Crippen molar-refractivity contribution in [1.82, 2.24) is 14.7 Å². The first-order chi connectivity index (χ1) is 15.4. The van der Waals surface area contributed by atoms with E-state index in [-0.39, 0.29) is 4.90 Å². The fraction of sp³-hybridized carbons (Fsp3) is 0.391. The third-order valence-electron chi connectivity index (χ3n) is 6.02. The summed E-state index contributed by atoms with van der Waals surface area (Å²) in [5.41, 5.74) is 0.907. The molecule has 0 amide bonds. The molecule has 0 saturated heterocycles. The van der Waals surface area contributed by atoms with E-state index in [2.05, 4.69) is 25.3 Å². The molecule has 0 unspecified atom stereocenters. The van der Waals surface area contributed by atoms with Crippen molar-refractivity contribution in [2.24, 2.45) is 11.8 Å². The highest BCUT2D eigenvalue weighted by Gasteiger charge is 2.23. The lowest BCUT2D eigenvalue weighted by Crippen LogP contribution is -2.32. The molecule has 1 aromatic heterocycles. The monoisotopic (exact) mass is 473 g/mol. The highest BCUT2D eigenvalue weighted by molar-refractivity contribution is 7.89. The molecule has 1 aliphatic rings. The summed E-state index contributed by atoms with van der Waals surface area (Å²) < 4.78 is 27.7. The molecule has 4 rings (SSSR count). The third-order valence-corrected chi connectivity index (χ3v) is 7.68. The number of hydrogen-bond donors (Lipinski definition) is 3. The van der Waals surface area contributed by atoms with Gasteiger partial charge in [-0.15, -0.1) is 0 Å². The van der Waals surface area contributed by atoms with Crippen LogP contribution in [-0.2, 0) is 10.0 Å². The van der Waals surface area contributed by atoms with Crippen molar-refractivity contribution in [2.75, 3.05) is 30.8 Å². The van der Waals surface area contributed by atoms with E-state index in [1.807, 2.05) is 31.3 Å². The van der Waals surface area contributed by atoms with Crippen LogP contribution >= 0.6 is 11.6 Å². The number of aromatic nitrogens is 2. The number of benzene rings is 2. The number of anilines is 2. The predicted molar refractivity (Wildman–Crippen MR) is 130 cm³/mol. The van der Waals surface area contributed by atoms with E-state index in [1.165, 1.54) is 6.07 Å². The molecule has 3 aromatic rings. The van der Waals surface area contributed by atoms with Crippen molar-refractivity contribution in [2.45, 2.75) is 30.6 Å². The van der Waals surface area contributed by atoms with Crippen LogP contribution in [0.5, 0.6) is 0 Å². The van der Waals surface area contributed by atoms with Gasteiger partial charge in [-0.05, 0) is 67.9 Å². The van der Waals surface area contributed by atoms with Crippen LogP contribution in [0.15, 0.2) is 53.4 Å². The molecule has 9 heteroatoms. The van der Waals surface area contributed by atoms with Gasteiger partial charge in [0.25, 0.3) is 0 Å². The van der Waals surface area contributed by atoms with Crippen LogP contribution in [0, 0.1) is 11.8 Å². The Morgan fingerprint density at radius 3 is 2.41 bits per heavy atom. The summed E-state index contributed by atoms with van der Waals surface area (Å²) >= 11 is 5.92. The molecule has 7 nitrogen and oxygen atoms in total. The molecule has 0 aliphatic heterocycles. The standard InChI is InChI=1S/C23H28ClN5O2S/c1-25-22-20-7-2-3-8-21(20)28-23(29-22)26-14-16-9-11-17(12-10-16)15-27-32(30,31)19-6-4-5-18(24)13-19/h2-8,13,16-17,27H,9-12,14-15H2,1H3,(H2,25,26,28,29)/t16-,17-. The molecule has 2 aromatic carbocycles. The molecule has 0 bridgehead atoms. The highest BCUT2D eigenvalue weighted by atomic mass is 35.5. The van der Waals surface area contributed by atoms with E-state index in [9.17, 15) is 8.42 Å². The van der Waals surface area contributed by atoms with E-state index < -0.39 is 10.0 Å². The Morgan fingerprint density at radius 2 is 1.69 bits per heavy atom. The normalized spacial score (nSPS) is 19.1. The fourth-order valence-electron chi connectivity index (χ4n) is 4.17. The van der Waals surface area contributed by atoms with Crippen molar-refractivity contribution >= 4 is 44.3 Å². The third kappa shape index (κ3) is 5.49. The second-order valence-corrected chi connectivity index (χ2v) is 10.4. The van der Waals surface area contributed by atoms with Crippen LogP contribution in [0.4, 0.5) is 11.8 Å². The zero-order valence-electron chi connectivity index (χ0n) is 18.0. The number of para-hydroxylation sites is 1. The Balaban J connectivity index is 1.27. The van der Waals surface area contributed by atoms with Crippen molar-refractivity contribution < 1.29 is 8.42 Å². The lowest BCUT2D eigenvalue weighted by molar-refractivity contribution is 0.284. The van der Waals surface area contributed by atoms with E-state index in [0.29, 0.717) is 29.4 Å². The maximum atomic E-state index is 12.5. The van der Waals surface area contributed by atoms with Crippen LogP contribution in [-0.4, -0.2) is 38.5 Å². The lowest BCUT2D eigenvalue weighted by Gasteiger charge is -2.28. The molecule has 0 radical (unpaired) electrons. The Bertz CT molecular complexity index is 1180. The van der Waals surface area contributed by atoms with Crippen LogP contribution in [0.1, 0.15) is 25.7 Å². The molecule has 32 heavy (non-hydrogen) atoms. The van der Waals surface area contributed by atoms with E-state index >= 15 is 0 Å². The van der Waals surface area contributed by atoms with Gasteiger partial charge in [-0.2, -0.15) is 4.98 Å². The molecule has 0 atom stereocenters. The predicted octanol–water partition coefficient (Wildman–Crippen LogP) is 4.52. The van der Waals surface area contributed by atoms with Gasteiger partial charge < -0.3 is 10.6 Å². The zero-order chi connectivity index (χ0) is 22.6. The first-order valence-corrected chi connectivity index (χ1v) is 12.7. The minimum atomic E-state index is -3.54. The van der Waals surface area contributed by atoms with Crippen molar-refractivity contribution in [1.29, 1.82) is 0 Å². The van der Waals surface area contributed by atoms with Gasteiger partial charge in [-0.1, -0.05) is 29.8 Å². The Kier molecular flexibility index (Phi) is 7.13. The highest BCUT2D eigenvalue weighted by Crippen LogP contribution is 2.29. The van der Waals surface area contributed by atoms with Crippen molar-refractivity contribution in [3.63, 3.8) is 0 Å². The average molecular weight is 474 g/mol. The first-order valence-electron chi connectivity index (χ1n) is 10.9. The molecule has 1 saturated carbocycles. The summed E-state index contributed by atoms with van der Waals surface area (Å²) in [6, 6.07) is 14.3. The van der Waals surface area contributed by atoms with E-state index in [1.54, 1.807) is 18.2 Å². The Labute approximate surface area is 194 Å². The number of halogens is 1. The number of fused-ring (bicyclic) bond motifs is 1. The minimum absolute atomic E-state index is 0.208. The van der Waals surface area contributed by atoms with Gasteiger partial charge in [0.2, 0.25) is 16.0 Å². The molecule has 0 spiro atoms. The average Bonchev–Trinajstić information content (AvgIpc) is 2.81. The molecule has 1 fully saturated rings. The molecule has 1 aliphatic carbocycles. The molecule has 1 heterocycles. The largest absolute Gasteiger partial charge is 0.372 e. The number of nitrogens with one attached hydrogen (secondary N) is 3. The van der Waals surface area contributed by atoms with Gasteiger partial charge in [0, 0.05) is 30.5 Å². The van der Waals surface area contributed by atoms with Crippen molar-refractivity contribution in [3.8, 4) is 0 Å². The van der Waals surface area contributed by atoms with Gasteiger partial charge >= 0.3 is 0 Å². The molecular weight excluding hydrogens is 446 g/mol. The van der Waals surface area contributed by atoms with E-state index in [4.69, 9.17) is 11.6 Å². The molecule has 3 N–H and O–H groups in total. The van der Waals surface area contributed by atoms with Gasteiger partial charge in [-0.3, -0.25) is 0 Å². The second-order valence-electron chi connectivity index (χ2n) is 8.24. The number of rotatable bonds is 8. The Morgan fingerprint density at radius 1 is 0.969 bits per heavy atom. The van der Waals surface area contributed by atoms with Gasteiger partial charge in [0.05, 0.1) is 10.4 Å². The summed E-state index contributed by atoms with van der Waals surface area (Å²) in [5, 5.41) is 7.95. The Hall–Kier alpha value is -2.42. The number of hydrogen-bond acceptors (Lipinski definition) is 6. The van der Waals surface area contributed by atoms with Gasteiger partial charge in [-0.25, -0.2) is 18.1 Å². The fourth-order valence-corrected chi connectivity index (χ4v) is 5.58. The smallest absolute Gasteiger partial charge is 0.240 e. The molecule has 170 valence electrons. The quantitative estimate of drug-likeness (QED) is 0.445. The van der Waals surface area contributed by atoms with Crippen LogP contribution in [0.25, 0.3) is 10.9 Å². The summed E-state index contributed by atoms with van der Waals surface area (Å²) in [6.45, 7) is 1.26. The second kappa shape index (κ2) is 10.0. The minimum Gasteiger partial charge on any atom is -0.372 e. The summed E-state index contributed by atoms with van der Waals surface area (Å²) in [4.78, 5) is 9.42. The topological polar surface area (TPSA) is 96.0 Å². The maximum Gasteiger partial charge on any atom is 0.240 e. The van der Waals surface area contributed by atoms with Crippen molar-refractivity contribution in [3.05, 3.63) is 53.6 Å². The van der Waals surface area contributed by atoms with Gasteiger partial charge in [0.15, 0.2) is 0 Å². The van der Waals surface area contributed by atoms with Gasteiger partial charge in [0.1, 0.15) is 5.82 Å². The van der Waals surface area contributed by atoms with E-state index in [0.717, 1.165) is 48.9 Å². The zero-order valence-corrected chi connectivity index (χ0v) is 19.6. The van der Waals surface area contributed by atoms with Crippen LogP contribution in [0.2, 0.25) is 5.02 Å². The molecular formula is C23H28ClN5O2S.